The lowest BCUT2D eigenvalue weighted by Gasteiger charge is -2.19. The van der Waals surface area contributed by atoms with Gasteiger partial charge in [-0.2, -0.15) is 0 Å². The number of carbonyl (C=O) groups excluding carboxylic acids is 2. The van der Waals surface area contributed by atoms with E-state index in [0.717, 1.165) is 5.56 Å². The van der Waals surface area contributed by atoms with Gasteiger partial charge in [0.2, 0.25) is 0 Å². The maximum Gasteiger partial charge on any atom is 0.338 e. The molecule has 1 aromatic heterocycles. The van der Waals surface area contributed by atoms with Crippen molar-refractivity contribution in [3.63, 3.8) is 0 Å². The molecule has 11 heteroatoms. The first-order chi connectivity index (χ1) is 19.9. The minimum atomic E-state index is -0.826. The molecule has 1 fully saturated rings. The fourth-order valence-corrected chi connectivity index (χ4v) is 5.27. The molecule has 41 heavy (non-hydrogen) atoms. The predicted molar refractivity (Wildman–Crippen MR) is 155 cm³/mol. The van der Waals surface area contributed by atoms with E-state index in [1.807, 2.05) is 30.3 Å². The van der Waals surface area contributed by atoms with Gasteiger partial charge in [0.15, 0.2) is 0 Å². The van der Waals surface area contributed by atoms with Crippen molar-refractivity contribution in [1.29, 1.82) is 0 Å². The summed E-state index contributed by atoms with van der Waals surface area (Å²) >= 11 is 13.3. The third kappa shape index (κ3) is 7.56. The second-order valence-electron chi connectivity index (χ2n) is 9.17. The third-order valence-corrected chi connectivity index (χ3v) is 7.81. The minimum Gasteiger partial charge on any atom is -0.459 e. The molecule has 2 heterocycles. The molecule has 1 aliphatic rings. The van der Waals surface area contributed by atoms with Crippen LogP contribution in [0.25, 0.3) is 0 Å². The lowest BCUT2D eigenvalue weighted by molar-refractivity contribution is -0.0581. The third-order valence-electron chi connectivity index (χ3n) is 6.32. The molecule has 1 saturated heterocycles. The van der Waals surface area contributed by atoms with Crippen molar-refractivity contribution in [3.8, 4) is 0 Å². The maximum absolute atomic E-state index is 12.9. The van der Waals surface area contributed by atoms with Gasteiger partial charge in [-0.25, -0.2) is 14.6 Å². The quantitative estimate of drug-likeness (QED) is 0.163. The van der Waals surface area contributed by atoms with Gasteiger partial charge in [0.05, 0.1) is 17.3 Å². The Morgan fingerprint density at radius 2 is 1.56 bits per heavy atom. The predicted octanol–water partition coefficient (Wildman–Crippen LogP) is 6.21. The second kappa shape index (κ2) is 13.4. The first-order valence-corrected chi connectivity index (χ1v) is 14.4. The fourth-order valence-electron chi connectivity index (χ4n) is 4.20. The summed E-state index contributed by atoms with van der Waals surface area (Å²) in [5, 5.41) is 1.60. The van der Waals surface area contributed by atoms with Crippen LogP contribution in [-0.2, 0) is 20.0 Å². The molecule has 8 nitrogen and oxygen atoms in total. The lowest BCUT2D eigenvalue weighted by Crippen LogP contribution is -2.32. The van der Waals surface area contributed by atoms with Gasteiger partial charge in [0.1, 0.15) is 30.1 Å². The van der Waals surface area contributed by atoms with Crippen LogP contribution in [0.2, 0.25) is 10.0 Å². The number of aromatic nitrogens is 2. The zero-order chi connectivity index (χ0) is 28.8. The van der Waals surface area contributed by atoms with Gasteiger partial charge in [0.25, 0.3) is 5.56 Å². The molecule has 1 aliphatic heterocycles. The number of ether oxygens (including phenoxy) is 3. The van der Waals surface area contributed by atoms with Crippen LogP contribution in [0.4, 0.5) is 0 Å². The van der Waals surface area contributed by atoms with Gasteiger partial charge < -0.3 is 14.2 Å². The standard InChI is InChI=1S/C30H24Cl2N2O6S/c31-22-10-6-20(7-11-22)29(36)38-17-25-24(40-30(37)21-8-12-23(32)13-9-21)14-28(39-25)34-16-26(33-15-27(34)35)41-18-19-4-2-1-3-5-19/h1-13,15-16,24-25,28H,14,17-18H2/t24-,25+,28-/m0/s1. The van der Waals surface area contributed by atoms with E-state index in [4.69, 9.17) is 37.4 Å². The second-order valence-corrected chi connectivity index (χ2v) is 11.0. The summed E-state index contributed by atoms with van der Waals surface area (Å²) in [4.78, 5) is 42.6. The van der Waals surface area contributed by atoms with Gasteiger partial charge in [-0.3, -0.25) is 9.36 Å². The number of benzene rings is 3. The molecule has 3 aromatic carbocycles. The highest BCUT2D eigenvalue weighted by Crippen LogP contribution is 2.32. The van der Waals surface area contributed by atoms with Crippen LogP contribution in [0.1, 0.15) is 38.9 Å². The average molecular weight is 612 g/mol. The maximum atomic E-state index is 12.9. The number of esters is 2. The Labute approximate surface area is 250 Å². The van der Waals surface area contributed by atoms with Crippen LogP contribution in [0.3, 0.4) is 0 Å². The summed E-state index contributed by atoms with van der Waals surface area (Å²) < 4.78 is 18.8. The van der Waals surface area contributed by atoms with Gasteiger partial charge in [-0.15, -0.1) is 11.8 Å². The Bertz CT molecular complexity index is 1560. The van der Waals surface area contributed by atoms with Crippen molar-refractivity contribution in [2.75, 3.05) is 6.61 Å². The number of nitrogens with zero attached hydrogens (tertiary/aromatic N) is 2. The number of carbonyl (C=O) groups is 2. The van der Waals surface area contributed by atoms with Gasteiger partial charge in [-0.05, 0) is 54.1 Å². The van der Waals surface area contributed by atoms with Crippen LogP contribution in [-0.4, -0.2) is 40.3 Å². The number of halogens is 2. The van der Waals surface area contributed by atoms with Crippen LogP contribution >= 0.6 is 35.0 Å². The molecule has 0 unspecified atom stereocenters. The highest BCUT2D eigenvalue weighted by Gasteiger charge is 2.40. The first kappa shape index (κ1) is 28.9. The largest absolute Gasteiger partial charge is 0.459 e. The van der Waals surface area contributed by atoms with E-state index in [1.54, 1.807) is 54.7 Å². The van der Waals surface area contributed by atoms with Crippen molar-refractivity contribution in [2.24, 2.45) is 0 Å². The van der Waals surface area contributed by atoms with E-state index in [0.29, 0.717) is 32.0 Å². The monoisotopic (exact) mass is 610 g/mol. The first-order valence-electron chi connectivity index (χ1n) is 12.7. The zero-order valence-electron chi connectivity index (χ0n) is 21.5. The normalized spacial score (nSPS) is 18.1. The summed E-state index contributed by atoms with van der Waals surface area (Å²) in [5.41, 5.74) is 1.35. The smallest absolute Gasteiger partial charge is 0.338 e. The van der Waals surface area contributed by atoms with Gasteiger partial charge in [-0.1, -0.05) is 53.5 Å². The molecule has 0 N–H and O–H groups in total. The van der Waals surface area contributed by atoms with Gasteiger partial charge >= 0.3 is 11.9 Å². The van der Waals surface area contributed by atoms with Crippen molar-refractivity contribution < 1.29 is 23.8 Å². The molecule has 0 spiro atoms. The number of hydrogen-bond donors (Lipinski definition) is 0. The molecule has 0 saturated carbocycles. The van der Waals surface area contributed by atoms with Crippen molar-refractivity contribution in [1.82, 2.24) is 9.55 Å². The van der Waals surface area contributed by atoms with E-state index in [2.05, 4.69) is 4.98 Å². The molecule has 0 bridgehead atoms. The highest BCUT2D eigenvalue weighted by molar-refractivity contribution is 7.98. The molecule has 4 aromatic rings. The minimum absolute atomic E-state index is 0.162. The topological polar surface area (TPSA) is 96.7 Å². The van der Waals surface area contributed by atoms with Crippen molar-refractivity contribution in [2.45, 2.75) is 35.6 Å². The Morgan fingerprint density at radius 1 is 0.927 bits per heavy atom. The molecule has 0 aliphatic carbocycles. The van der Waals surface area contributed by atoms with E-state index in [-0.39, 0.29) is 18.6 Å². The van der Waals surface area contributed by atoms with Crippen LogP contribution in [0.15, 0.2) is 101 Å². The van der Waals surface area contributed by atoms with E-state index in [1.165, 1.54) is 22.5 Å². The Balaban J connectivity index is 1.32. The number of rotatable bonds is 9. The summed E-state index contributed by atoms with van der Waals surface area (Å²) in [6.07, 6.45) is 0.619. The number of thioether (sulfide) groups is 1. The highest BCUT2D eigenvalue weighted by atomic mass is 35.5. The van der Waals surface area contributed by atoms with Crippen LogP contribution in [0, 0.1) is 0 Å². The number of hydrogen-bond acceptors (Lipinski definition) is 8. The van der Waals surface area contributed by atoms with E-state index >= 15 is 0 Å². The fraction of sp³-hybridized carbons (Fsp3) is 0.200. The van der Waals surface area contributed by atoms with E-state index < -0.39 is 30.4 Å². The summed E-state index contributed by atoms with van der Waals surface area (Å²) in [6, 6.07) is 22.4. The Morgan fingerprint density at radius 3 is 2.22 bits per heavy atom. The molecule has 3 atom stereocenters. The van der Waals surface area contributed by atoms with E-state index in [9.17, 15) is 14.4 Å². The van der Waals surface area contributed by atoms with Crippen LogP contribution < -0.4 is 5.56 Å². The molecule has 0 amide bonds. The van der Waals surface area contributed by atoms with Gasteiger partial charge in [0, 0.05) is 28.4 Å². The SMILES string of the molecule is O=C(OC[C@H]1O[C@H](n2cc(SCc3ccccc3)ncc2=O)C[C@@H]1OC(=O)c1ccc(Cl)cc1)c1ccc(Cl)cc1. The summed E-state index contributed by atoms with van der Waals surface area (Å²) in [5.74, 6) is -0.509. The molecule has 5 rings (SSSR count). The molecule has 210 valence electrons. The Kier molecular flexibility index (Phi) is 9.41. The van der Waals surface area contributed by atoms with Crippen LogP contribution in [0.5, 0.6) is 0 Å². The zero-order valence-corrected chi connectivity index (χ0v) is 23.9. The average Bonchev–Trinajstić information content (AvgIpc) is 3.38. The lowest BCUT2D eigenvalue weighted by atomic mass is 10.1. The van der Waals surface area contributed by atoms with Crippen molar-refractivity contribution >= 4 is 46.9 Å². The molecular weight excluding hydrogens is 587 g/mol. The molecule has 0 radical (unpaired) electrons. The summed E-state index contributed by atoms with van der Waals surface area (Å²) in [6.45, 7) is -0.202. The Hall–Kier alpha value is -3.63. The summed E-state index contributed by atoms with van der Waals surface area (Å²) in [7, 11) is 0. The molecular formula is C30H24Cl2N2O6S. The van der Waals surface area contributed by atoms with Crippen molar-refractivity contribution in [3.05, 3.63) is 128 Å².